The lowest BCUT2D eigenvalue weighted by atomic mass is 9.73. The van der Waals surface area contributed by atoms with Gasteiger partial charge in [0.05, 0.1) is 0 Å². The molecule has 0 spiro atoms. The third-order valence-electron chi connectivity index (χ3n) is 4.98. The van der Waals surface area contributed by atoms with Crippen molar-refractivity contribution in [1.29, 1.82) is 0 Å². The van der Waals surface area contributed by atoms with Crippen LogP contribution in [0.25, 0.3) is 16.3 Å². The fourth-order valence-electron chi connectivity index (χ4n) is 3.85. The first-order chi connectivity index (χ1) is 9.56. The molecular formula is C20H20. The normalized spacial score (nSPS) is 19.9. The molecule has 0 bridgehead atoms. The summed E-state index contributed by atoms with van der Waals surface area (Å²) in [6.45, 7) is 7.04. The Bertz CT molecular complexity index is 785. The van der Waals surface area contributed by atoms with Crippen molar-refractivity contribution in [1.82, 2.24) is 0 Å². The molecule has 0 aliphatic heterocycles. The molecule has 0 heteroatoms. The maximum atomic E-state index is 2.42. The summed E-state index contributed by atoms with van der Waals surface area (Å²) in [6, 6.07) is 13.5. The van der Waals surface area contributed by atoms with E-state index in [2.05, 4.69) is 63.2 Å². The second-order valence-electron chi connectivity index (χ2n) is 6.86. The Morgan fingerprint density at radius 3 is 2.45 bits per heavy atom. The van der Waals surface area contributed by atoms with Crippen molar-refractivity contribution in [2.75, 3.05) is 0 Å². The van der Waals surface area contributed by atoms with E-state index < -0.39 is 0 Å². The summed E-state index contributed by atoms with van der Waals surface area (Å²) in [5.41, 5.74) is 7.93. The molecule has 2 aromatic rings. The van der Waals surface area contributed by atoms with Crippen molar-refractivity contribution in [3.05, 3.63) is 64.7 Å². The van der Waals surface area contributed by atoms with Crippen LogP contribution in [0, 0.1) is 5.41 Å². The minimum absolute atomic E-state index is 0.266. The van der Waals surface area contributed by atoms with Crippen molar-refractivity contribution in [3.63, 3.8) is 0 Å². The highest BCUT2D eigenvalue weighted by molar-refractivity contribution is 5.92. The highest BCUT2D eigenvalue weighted by atomic mass is 14.4. The van der Waals surface area contributed by atoms with Gasteiger partial charge < -0.3 is 0 Å². The van der Waals surface area contributed by atoms with Gasteiger partial charge in [-0.2, -0.15) is 0 Å². The molecule has 0 atom stereocenters. The summed E-state index contributed by atoms with van der Waals surface area (Å²) in [6.07, 6.45) is 4.69. The van der Waals surface area contributed by atoms with Crippen LogP contribution >= 0.6 is 0 Å². The van der Waals surface area contributed by atoms with Crippen LogP contribution in [0.5, 0.6) is 0 Å². The lowest BCUT2D eigenvalue weighted by Crippen LogP contribution is -2.16. The highest BCUT2D eigenvalue weighted by Gasteiger charge is 2.35. The average Bonchev–Trinajstić information content (AvgIpc) is 2.81. The molecule has 100 valence electrons. The zero-order valence-corrected chi connectivity index (χ0v) is 12.5. The van der Waals surface area contributed by atoms with E-state index in [0.29, 0.717) is 0 Å². The highest BCUT2D eigenvalue weighted by Crippen LogP contribution is 2.51. The fraction of sp³-hybridized carbons (Fsp3) is 0.300. The standard InChI is InChI=1S/C20H20/c1-13-8-9-20(2,3)19-17(13)12-16-10-14-6-4-5-7-15(14)11-18(16)19/h4-8,10-11H,9,12H2,1-3H3. The largest absolute Gasteiger partial charge is 0.0804 e. The molecule has 2 aliphatic carbocycles. The van der Waals surface area contributed by atoms with Gasteiger partial charge in [-0.05, 0) is 64.3 Å². The van der Waals surface area contributed by atoms with E-state index in [4.69, 9.17) is 0 Å². The van der Waals surface area contributed by atoms with Crippen LogP contribution in [0.2, 0.25) is 0 Å². The van der Waals surface area contributed by atoms with E-state index in [-0.39, 0.29) is 5.41 Å². The molecule has 0 heterocycles. The molecule has 2 aromatic carbocycles. The minimum Gasteiger partial charge on any atom is -0.0804 e. The summed E-state index contributed by atoms with van der Waals surface area (Å²) < 4.78 is 0. The third-order valence-corrected chi connectivity index (χ3v) is 4.98. The number of hydrogen-bond donors (Lipinski definition) is 0. The van der Waals surface area contributed by atoms with Crippen molar-refractivity contribution >= 4 is 16.3 Å². The monoisotopic (exact) mass is 260 g/mol. The van der Waals surface area contributed by atoms with Gasteiger partial charge >= 0.3 is 0 Å². The molecule has 0 nitrogen and oxygen atoms in total. The second kappa shape index (κ2) is 3.85. The van der Waals surface area contributed by atoms with Crippen molar-refractivity contribution in [2.24, 2.45) is 5.41 Å². The molecule has 0 N–H and O–H groups in total. The Labute approximate surface area is 120 Å². The molecule has 0 radical (unpaired) electrons. The molecule has 0 saturated carbocycles. The number of fused-ring (bicyclic) bond motifs is 3. The van der Waals surface area contributed by atoms with Gasteiger partial charge in [0.25, 0.3) is 0 Å². The van der Waals surface area contributed by atoms with E-state index in [1.807, 2.05) is 0 Å². The molecule has 2 aliphatic rings. The topological polar surface area (TPSA) is 0 Å². The molecule has 0 fully saturated rings. The Hall–Kier alpha value is -1.82. The first-order valence-corrected chi connectivity index (χ1v) is 7.49. The van der Waals surface area contributed by atoms with E-state index in [1.54, 1.807) is 11.1 Å². The predicted molar refractivity (Wildman–Crippen MR) is 86.7 cm³/mol. The smallest absolute Gasteiger partial charge is 0.00138 e. The quantitative estimate of drug-likeness (QED) is 0.584. The average molecular weight is 260 g/mol. The van der Waals surface area contributed by atoms with Crippen LogP contribution in [-0.4, -0.2) is 0 Å². The maximum absolute atomic E-state index is 2.42. The molecule has 0 aromatic heterocycles. The first kappa shape index (κ1) is 12.0. The van der Waals surface area contributed by atoms with E-state index >= 15 is 0 Å². The molecule has 0 amide bonds. The van der Waals surface area contributed by atoms with Crippen LogP contribution in [0.4, 0.5) is 0 Å². The van der Waals surface area contributed by atoms with Crippen LogP contribution < -0.4 is 0 Å². The Morgan fingerprint density at radius 1 is 1.00 bits per heavy atom. The Balaban J connectivity index is 2.01. The fourth-order valence-corrected chi connectivity index (χ4v) is 3.85. The Morgan fingerprint density at radius 2 is 1.70 bits per heavy atom. The summed E-state index contributed by atoms with van der Waals surface area (Å²) in [5, 5.41) is 2.73. The van der Waals surface area contributed by atoms with Gasteiger partial charge in [0.2, 0.25) is 0 Å². The number of rotatable bonds is 0. The van der Waals surface area contributed by atoms with Crippen LogP contribution in [0.15, 0.2) is 53.6 Å². The van der Waals surface area contributed by atoms with Crippen LogP contribution in [-0.2, 0) is 6.42 Å². The lowest BCUT2D eigenvalue weighted by Gasteiger charge is -2.31. The molecular weight excluding hydrogens is 240 g/mol. The van der Waals surface area contributed by atoms with Gasteiger partial charge in [-0.3, -0.25) is 0 Å². The molecule has 20 heavy (non-hydrogen) atoms. The Kier molecular flexibility index (Phi) is 2.30. The maximum Gasteiger partial charge on any atom is -0.00138 e. The minimum atomic E-state index is 0.266. The van der Waals surface area contributed by atoms with Gasteiger partial charge in [-0.25, -0.2) is 0 Å². The van der Waals surface area contributed by atoms with E-state index in [1.165, 1.54) is 27.5 Å². The van der Waals surface area contributed by atoms with Gasteiger partial charge in [0, 0.05) is 0 Å². The van der Waals surface area contributed by atoms with Crippen LogP contribution in [0.3, 0.4) is 0 Å². The third kappa shape index (κ3) is 1.54. The van der Waals surface area contributed by atoms with Gasteiger partial charge in [-0.1, -0.05) is 55.8 Å². The summed E-state index contributed by atoms with van der Waals surface area (Å²) in [5.74, 6) is 0. The number of hydrogen-bond acceptors (Lipinski definition) is 0. The zero-order chi connectivity index (χ0) is 13.9. The number of allylic oxidation sites excluding steroid dienone is 4. The van der Waals surface area contributed by atoms with Crippen LogP contribution in [0.1, 0.15) is 38.3 Å². The van der Waals surface area contributed by atoms with Crippen molar-refractivity contribution < 1.29 is 0 Å². The first-order valence-electron chi connectivity index (χ1n) is 7.49. The summed E-state index contributed by atoms with van der Waals surface area (Å²) >= 11 is 0. The molecule has 0 saturated heterocycles. The molecule has 4 rings (SSSR count). The molecule has 0 unspecified atom stereocenters. The SMILES string of the molecule is CC1=CCC(C)(C)C2=C1Cc1cc3ccccc3cc12. The van der Waals surface area contributed by atoms with Gasteiger partial charge in [0.1, 0.15) is 0 Å². The van der Waals surface area contributed by atoms with Crippen molar-refractivity contribution in [3.8, 4) is 0 Å². The van der Waals surface area contributed by atoms with Gasteiger partial charge in [0.15, 0.2) is 0 Å². The lowest BCUT2D eigenvalue weighted by molar-refractivity contribution is 0.501. The second-order valence-corrected chi connectivity index (χ2v) is 6.86. The van der Waals surface area contributed by atoms with Crippen molar-refractivity contribution in [2.45, 2.75) is 33.6 Å². The van der Waals surface area contributed by atoms with Gasteiger partial charge in [-0.15, -0.1) is 0 Å². The van der Waals surface area contributed by atoms with E-state index in [9.17, 15) is 0 Å². The number of benzene rings is 2. The summed E-state index contributed by atoms with van der Waals surface area (Å²) in [4.78, 5) is 0. The zero-order valence-electron chi connectivity index (χ0n) is 12.5. The predicted octanol–water partition coefficient (Wildman–Crippen LogP) is 5.53. The van der Waals surface area contributed by atoms with E-state index in [0.717, 1.165) is 12.8 Å². The summed E-state index contributed by atoms with van der Waals surface area (Å²) in [7, 11) is 0.